The van der Waals surface area contributed by atoms with Gasteiger partial charge in [-0.25, -0.2) is 9.97 Å². The molecule has 1 amide bonds. The van der Waals surface area contributed by atoms with Crippen molar-refractivity contribution in [2.24, 2.45) is 0 Å². The summed E-state index contributed by atoms with van der Waals surface area (Å²) in [5, 5.41) is 2.77. The van der Waals surface area contributed by atoms with Crippen LogP contribution in [-0.2, 0) is 17.4 Å². The maximum absolute atomic E-state index is 13.1. The van der Waals surface area contributed by atoms with Gasteiger partial charge in [-0.3, -0.25) is 4.79 Å². The standard InChI is InChI=1S/C25H17F3N4O3.ClH/c26-25(27,28)11-1-4-15-16(9-11)31-24(30-15)21-20-14-10-12(2-5-17(14)35-22(20)21)34-18-7-8-29-23-13(18)3-6-19(33)32-23;/h1-2,4-5,7-10,20-22H,3,6H2,(H,30,31)(H,29,32,33);1H/t20-,21-,22-;/m0./s1. The molecule has 2 N–H and O–H groups in total. The largest absolute Gasteiger partial charge is 0.489 e. The first-order valence-corrected chi connectivity index (χ1v) is 11.2. The van der Waals surface area contributed by atoms with Crippen LogP contribution in [0.2, 0.25) is 0 Å². The Morgan fingerprint density at radius 1 is 1.06 bits per heavy atom. The van der Waals surface area contributed by atoms with Crippen molar-refractivity contribution < 1.29 is 27.4 Å². The molecule has 7 nitrogen and oxygen atoms in total. The van der Waals surface area contributed by atoms with Crippen LogP contribution in [0, 0.1) is 0 Å². The number of aromatic amines is 1. The molecule has 7 rings (SSSR count). The number of anilines is 1. The monoisotopic (exact) mass is 514 g/mol. The molecule has 0 saturated heterocycles. The average Bonchev–Trinajstić information content (AvgIpc) is 3.18. The van der Waals surface area contributed by atoms with E-state index in [2.05, 4.69) is 20.3 Å². The van der Waals surface area contributed by atoms with Crippen molar-refractivity contribution in [2.75, 3.05) is 5.32 Å². The second-order valence-corrected chi connectivity index (χ2v) is 8.97. The minimum atomic E-state index is -4.41. The second kappa shape index (κ2) is 7.86. The molecule has 0 unspecified atom stereocenters. The fourth-order valence-corrected chi connectivity index (χ4v) is 5.07. The molecule has 184 valence electrons. The molecular formula is C25H18ClF3N4O3. The highest BCUT2D eigenvalue weighted by Gasteiger charge is 2.61. The van der Waals surface area contributed by atoms with E-state index < -0.39 is 11.7 Å². The number of nitrogens with one attached hydrogen (secondary N) is 2. The third kappa shape index (κ3) is 3.55. The summed E-state index contributed by atoms with van der Waals surface area (Å²) in [4.78, 5) is 23.5. The molecule has 1 saturated carbocycles. The van der Waals surface area contributed by atoms with Gasteiger partial charge in [0.05, 0.1) is 22.5 Å². The first-order valence-electron chi connectivity index (χ1n) is 11.2. The van der Waals surface area contributed by atoms with E-state index in [1.807, 2.05) is 18.2 Å². The average molecular weight is 515 g/mol. The van der Waals surface area contributed by atoms with E-state index in [1.165, 1.54) is 6.07 Å². The molecule has 3 atom stereocenters. The molecule has 0 bridgehead atoms. The minimum Gasteiger partial charge on any atom is -0.489 e. The van der Waals surface area contributed by atoms with Crippen molar-refractivity contribution in [2.45, 2.75) is 37.0 Å². The zero-order valence-electron chi connectivity index (χ0n) is 18.4. The van der Waals surface area contributed by atoms with Gasteiger partial charge < -0.3 is 19.8 Å². The highest BCUT2D eigenvalue weighted by Crippen LogP contribution is 2.63. The lowest BCUT2D eigenvalue weighted by Gasteiger charge is -2.19. The van der Waals surface area contributed by atoms with Crippen molar-refractivity contribution in [3.05, 3.63) is 71.2 Å². The molecule has 2 aromatic heterocycles. The van der Waals surface area contributed by atoms with Gasteiger partial charge in [-0.05, 0) is 48.9 Å². The van der Waals surface area contributed by atoms with Gasteiger partial charge in [-0.15, -0.1) is 12.4 Å². The number of fused-ring (bicyclic) bond motifs is 5. The quantitative estimate of drug-likeness (QED) is 0.365. The Morgan fingerprint density at radius 2 is 1.92 bits per heavy atom. The number of hydrogen-bond acceptors (Lipinski definition) is 5. The van der Waals surface area contributed by atoms with E-state index >= 15 is 0 Å². The fourth-order valence-electron chi connectivity index (χ4n) is 5.07. The molecule has 11 heteroatoms. The summed E-state index contributed by atoms with van der Waals surface area (Å²) >= 11 is 0. The molecule has 3 aliphatic rings. The minimum absolute atomic E-state index is 0. The lowest BCUT2D eigenvalue weighted by atomic mass is 10.1. The van der Waals surface area contributed by atoms with Crippen LogP contribution in [0.1, 0.15) is 40.8 Å². The van der Waals surface area contributed by atoms with Gasteiger partial charge in [0, 0.05) is 29.7 Å². The zero-order chi connectivity index (χ0) is 23.9. The first kappa shape index (κ1) is 22.7. The SMILES string of the molecule is Cl.O=C1CCc2c(Oc3ccc4c(c3)[C@@H]3[C@H](O4)[C@H]3c3nc4ccc(C(F)(F)F)cc4[nH]3)ccnc2N1. The summed E-state index contributed by atoms with van der Waals surface area (Å²) in [5.41, 5.74) is 1.96. The van der Waals surface area contributed by atoms with Crippen LogP contribution >= 0.6 is 12.4 Å². The zero-order valence-corrected chi connectivity index (χ0v) is 19.2. The Morgan fingerprint density at radius 3 is 2.75 bits per heavy atom. The number of carbonyl (C=O) groups is 1. The van der Waals surface area contributed by atoms with Crippen LogP contribution in [0.3, 0.4) is 0 Å². The number of hydrogen-bond donors (Lipinski definition) is 2. The van der Waals surface area contributed by atoms with Gasteiger partial charge >= 0.3 is 6.18 Å². The lowest BCUT2D eigenvalue weighted by molar-refractivity contribution is -0.137. The first-order chi connectivity index (χ1) is 16.8. The highest BCUT2D eigenvalue weighted by molar-refractivity contribution is 5.93. The number of amides is 1. The number of halogens is 4. The Hall–Kier alpha value is -3.79. The van der Waals surface area contributed by atoms with Crippen molar-refractivity contribution >= 4 is 35.2 Å². The molecule has 1 aliphatic carbocycles. The van der Waals surface area contributed by atoms with Crippen molar-refractivity contribution in [1.82, 2.24) is 15.0 Å². The van der Waals surface area contributed by atoms with Crippen molar-refractivity contribution in [3.63, 3.8) is 0 Å². The number of carbonyl (C=O) groups excluding carboxylic acids is 1. The van der Waals surface area contributed by atoms with Gasteiger partial charge in [-0.2, -0.15) is 13.2 Å². The summed E-state index contributed by atoms with van der Waals surface area (Å²) in [6.45, 7) is 0. The number of ether oxygens (including phenoxy) is 2. The van der Waals surface area contributed by atoms with Crippen LogP contribution in [0.4, 0.5) is 19.0 Å². The van der Waals surface area contributed by atoms with Gasteiger partial charge in [0.1, 0.15) is 35.0 Å². The lowest BCUT2D eigenvalue weighted by Crippen LogP contribution is -2.20. The van der Waals surface area contributed by atoms with E-state index in [9.17, 15) is 18.0 Å². The van der Waals surface area contributed by atoms with Crippen LogP contribution in [-0.4, -0.2) is 27.0 Å². The van der Waals surface area contributed by atoms with E-state index in [4.69, 9.17) is 9.47 Å². The molecule has 2 aromatic carbocycles. The Kier molecular flexibility index (Phi) is 4.95. The molecule has 4 heterocycles. The van der Waals surface area contributed by atoms with Gasteiger partial charge in [-0.1, -0.05) is 0 Å². The predicted molar refractivity (Wildman–Crippen MR) is 126 cm³/mol. The Balaban J connectivity index is 0.00000240. The molecule has 2 aliphatic heterocycles. The number of H-pyrrole nitrogens is 1. The van der Waals surface area contributed by atoms with Gasteiger partial charge in [0.15, 0.2) is 0 Å². The van der Waals surface area contributed by atoms with E-state index in [0.29, 0.717) is 47.0 Å². The number of nitrogens with zero attached hydrogens (tertiary/aromatic N) is 2. The number of aromatic nitrogens is 3. The number of benzene rings is 2. The maximum Gasteiger partial charge on any atom is 0.416 e. The third-order valence-electron chi connectivity index (χ3n) is 6.80. The molecule has 0 spiro atoms. The van der Waals surface area contributed by atoms with E-state index in [1.54, 1.807) is 12.3 Å². The summed E-state index contributed by atoms with van der Waals surface area (Å²) in [6.07, 6.45) is -2.01. The smallest absolute Gasteiger partial charge is 0.416 e. The summed E-state index contributed by atoms with van der Waals surface area (Å²) in [6, 6.07) is 10.9. The van der Waals surface area contributed by atoms with E-state index in [0.717, 1.165) is 29.0 Å². The molecule has 1 fully saturated rings. The summed E-state index contributed by atoms with van der Waals surface area (Å²) in [5.74, 6) is 3.07. The van der Waals surface area contributed by atoms with Crippen LogP contribution < -0.4 is 14.8 Å². The predicted octanol–water partition coefficient (Wildman–Crippen LogP) is 5.72. The molecule has 0 radical (unpaired) electrons. The normalized spacial score (nSPS) is 21.5. The fraction of sp³-hybridized carbons (Fsp3) is 0.240. The second-order valence-electron chi connectivity index (χ2n) is 8.97. The third-order valence-corrected chi connectivity index (χ3v) is 6.80. The number of pyridine rings is 1. The number of rotatable bonds is 3. The Labute approximate surface area is 208 Å². The highest BCUT2D eigenvalue weighted by atomic mass is 35.5. The summed E-state index contributed by atoms with van der Waals surface area (Å²) in [7, 11) is 0. The van der Waals surface area contributed by atoms with Crippen LogP contribution in [0.5, 0.6) is 17.2 Å². The molecular weight excluding hydrogens is 497 g/mol. The van der Waals surface area contributed by atoms with Crippen LogP contribution in [0.15, 0.2) is 48.7 Å². The number of alkyl halides is 3. The van der Waals surface area contributed by atoms with Crippen LogP contribution in [0.25, 0.3) is 11.0 Å². The Bertz CT molecular complexity index is 1540. The summed E-state index contributed by atoms with van der Waals surface area (Å²) < 4.78 is 51.4. The van der Waals surface area contributed by atoms with Crippen molar-refractivity contribution in [1.29, 1.82) is 0 Å². The molecule has 36 heavy (non-hydrogen) atoms. The van der Waals surface area contributed by atoms with Gasteiger partial charge in [0.2, 0.25) is 5.91 Å². The topological polar surface area (TPSA) is 89.1 Å². The van der Waals surface area contributed by atoms with Crippen molar-refractivity contribution in [3.8, 4) is 17.2 Å². The maximum atomic E-state index is 13.1. The molecule has 4 aromatic rings. The van der Waals surface area contributed by atoms with E-state index in [-0.39, 0.29) is 36.3 Å². The number of imidazole rings is 1. The van der Waals surface area contributed by atoms with Gasteiger partial charge in [0.25, 0.3) is 0 Å².